The molecule has 1 unspecified atom stereocenters. The Balaban J connectivity index is 2.43. The van der Waals surface area contributed by atoms with Crippen molar-refractivity contribution in [3.8, 4) is 0 Å². The van der Waals surface area contributed by atoms with Gasteiger partial charge in [0.15, 0.2) is 0 Å². The Hall–Kier alpha value is -1.42. The van der Waals surface area contributed by atoms with Gasteiger partial charge >= 0.3 is 0 Å². The highest BCUT2D eigenvalue weighted by Gasteiger charge is 2.24. The van der Waals surface area contributed by atoms with Crippen LogP contribution in [0.4, 0.5) is 4.39 Å². The molecule has 1 rings (SSSR count). The van der Waals surface area contributed by atoms with Crippen molar-refractivity contribution in [1.82, 2.24) is 5.32 Å². The molecule has 0 spiro atoms. The summed E-state index contributed by atoms with van der Waals surface area (Å²) in [6.07, 6.45) is 2.33. The first-order valence-electron chi connectivity index (χ1n) is 7.65. The van der Waals surface area contributed by atoms with Gasteiger partial charge in [0.2, 0.25) is 5.91 Å². The van der Waals surface area contributed by atoms with Gasteiger partial charge in [-0.3, -0.25) is 4.79 Å². The molecule has 1 aromatic rings. The predicted octanol–water partition coefficient (Wildman–Crippen LogP) is 3.06. The molecule has 0 heterocycles. The van der Waals surface area contributed by atoms with Gasteiger partial charge in [-0.25, -0.2) is 4.39 Å². The molecule has 0 radical (unpaired) electrons. The molecule has 1 atom stereocenters. The van der Waals surface area contributed by atoms with Crippen LogP contribution in [-0.4, -0.2) is 23.2 Å². The van der Waals surface area contributed by atoms with E-state index in [0.29, 0.717) is 31.2 Å². The Morgan fingerprint density at radius 2 is 1.95 bits per heavy atom. The molecule has 0 aromatic heterocycles. The molecule has 1 amide bonds. The van der Waals surface area contributed by atoms with Crippen molar-refractivity contribution in [3.63, 3.8) is 0 Å². The fourth-order valence-corrected chi connectivity index (χ4v) is 2.13. The fraction of sp³-hybridized carbons (Fsp3) is 0.588. The first-order valence-corrected chi connectivity index (χ1v) is 7.65. The van der Waals surface area contributed by atoms with Crippen molar-refractivity contribution in [3.05, 3.63) is 35.6 Å². The summed E-state index contributed by atoms with van der Waals surface area (Å²) in [4.78, 5) is 12.0. The van der Waals surface area contributed by atoms with Crippen molar-refractivity contribution >= 4 is 5.91 Å². The summed E-state index contributed by atoms with van der Waals surface area (Å²) in [6.45, 7) is 5.89. The van der Waals surface area contributed by atoms with Crippen LogP contribution in [-0.2, 0) is 11.2 Å². The van der Waals surface area contributed by atoms with E-state index in [1.54, 1.807) is 18.2 Å². The summed E-state index contributed by atoms with van der Waals surface area (Å²) in [5, 5.41) is 12.9. The lowest BCUT2D eigenvalue weighted by molar-refractivity contribution is -0.126. The van der Waals surface area contributed by atoms with Crippen molar-refractivity contribution < 1.29 is 14.3 Å². The molecular weight excluding hydrogens is 269 g/mol. The van der Waals surface area contributed by atoms with Crippen LogP contribution >= 0.6 is 0 Å². The van der Waals surface area contributed by atoms with Gasteiger partial charge in [-0.2, -0.15) is 0 Å². The van der Waals surface area contributed by atoms with Gasteiger partial charge in [0, 0.05) is 12.5 Å². The molecule has 0 aliphatic carbocycles. The van der Waals surface area contributed by atoms with Crippen molar-refractivity contribution in [1.29, 1.82) is 0 Å². The van der Waals surface area contributed by atoms with Crippen LogP contribution in [0.5, 0.6) is 0 Å². The molecule has 1 aromatic carbocycles. The summed E-state index contributed by atoms with van der Waals surface area (Å²) >= 11 is 0. The number of carbonyl (C=O) groups is 1. The highest BCUT2D eigenvalue weighted by Crippen LogP contribution is 2.15. The quantitative estimate of drug-likeness (QED) is 0.774. The number of hydrogen-bond donors (Lipinski definition) is 2. The number of benzene rings is 1. The molecule has 0 saturated heterocycles. The van der Waals surface area contributed by atoms with Crippen LogP contribution in [0, 0.1) is 11.7 Å². The minimum atomic E-state index is -0.832. The first kappa shape index (κ1) is 17.6. The van der Waals surface area contributed by atoms with Crippen LogP contribution in [0.2, 0.25) is 0 Å². The average Bonchev–Trinajstić information content (AvgIpc) is 2.51. The van der Waals surface area contributed by atoms with E-state index in [2.05, 4.69) is 5.32 Å². The maximum absolute atomic E-state index is 13.5. The number of aliphatic hydroxyl groups is 1. The second-order valence-corrected chi connectivity index (χ2v) is 5.68. The van der Waals surface area contributed by atoms with Gasteiger partial charge in [0.1, 0.15) is 5.82 Å². The van der Waals surface area contributed by atoms with Crippen LogP contribution in [0.1, 0.15) is 45.6 Å². The predicted molar refractivity (Wildman–Crippen MR) is 82.4 cm³/mol. The molecule has 21 heavy (non-hydrogen) atoms. The Morgan fingerprint density at radius 3 is 2.52 bits per heavy atom. The second kappa shape index (κ2) is 8.13. The Morgan fingerprint density at radius 1 is 1.33 bits per heavy atom. The topological polar surface area (TPSA) is 49.3 Å². The third-order valence-corrected chi connectivity index (χ3v) is 4.16. The van der Waals surface area contributed by atoms with E-state index in [0.717, 1.165) is 0 Å². The molecule has 2 N–H and O–H groups in total. The summed E-state index contributed by atoms with van der Waals surface area (Å²) < 4.78 is 13.5. The molecule has 118 valence electrons. The van der Waals surface area contributed by atoms with E-state index in [-0.39, 0.29) is 24.2 Å². The van der Waals surface area contributed by atoms with Crippen LogP contribution in [0.15, 0.2) is 24.3 Å². The average molecular weight is 295 g/mol. The van der Waals surface area contributed by atoms with Gasteiger partial charge < -0.3 is 10.4 Å². The van der Waals surface area contributed by atoms with E-state index < -0.39 is 5.60 Å². The Bertz CT molecular complexity index is 458. The highest BCUT2D eigenvalue weighted by atomic mass is 19.1. The van der Waals surface area contributed by atoms with E-state index in [4.69, 9.17) is 0 Å². The van der Waals surface area contributed by atoms with E-state index in [1.807, 2.05) is 20.8 Å². The van der Waals surface area contributed by atoms with Crippen molar-refractivity contribution in [2.45, 2.75) is 52.1 Å². The molecule has 0 saturated carbocycles. The number of halogens is 1. The molecule has 0 aliphatic rings. The molecule has 4 heteroatoms. The molecule has 0 aliphatic heterocycles. The molecule has 0 bridgehead atoms. The number of nitrogens with one attached hydrogen (secondary N) is 1. The van der Waals surface area contributed by atoms with Gasteiger partial charge in [-0.15, -0.1) is 0 Å². The Labute approximate surface area is 126 Å². The Kier molecular flexibility index (Phi) is 6.82. The third-order valence-electron chi connectivity index (χ3n) is 4.16. The third kappa shape index (κ3) is 5.46. The van der Waals surface area contributed by atoms with E-state index in [9.17, 15) is 14.3 Å². The van der Waals surface area contributed by atoms with Crippen LogP contribution in [0.25, 0.3) is 0 Å². The lowest BCUT2D eigenvalue weighted by Gasteiger charge is -2.26. The minimum Gasteiger partial charge on any atom is -0.388 e. The fourth-order valence-electron chi connectivity index (χ4n) is 2.13. The zero-order valence-electron chi connectivity index (χ0n) is 13.2. The smallest absolute Gasteiger partial charge is 0.222 e. The minimum absolute atomic E-state index is 0.0911. The lowest BCUT2D eigenvalue weighted by Crippen LogP contribution is -2.43. The van der Waals surface area contributed by atoms with Gasteiger partial charge in [0.05, 0.1) is 5.60 Å². The summed E-state index contributed by atoms with van der Waals surface area (Å²) in [7, 11) is 0. The van der Waals surface area contributed by atoms with E-state index >= 15 is 0 Å². The van der Waals surface area contributed by atoms with Crippen molar-refractivity contribution in [2.24, 2.45) is 5.92 Å². The van der Waals surface area contributed by atoms with Crippen molar-refractivity contribution in [2.75, 3.05) is 6.54 Å². The van der Waals surface area contributed by atoms with Crippen LogP contribution < -0.4 is 5.32 Å². The highest BCUT2D eigenvalue weighted by molar-refractivity contribution is 5.78. The summed E-state index contributed by atoms with van der Waals surface area (Å²) in [5.41, 5.74) is -0.197. The van der Waals surface area contributed by atoms with Gasteiger partial charge in [-0.1, -0.05) is 39.0 Å². The normalized spacial score (nSPS) is 13.0. The number of carbonyl (C=O) groups excluding carboxylic acids is 1. The second-order valence-electron chi connectivity index (χ2n) is 5.68. The lowest BCUT2D eigenvalue weighted by atomic mass is 9.96. The SMILES string of the molecule is CCC(O)(CC)CNC(=O)C(C)CCc1ccccc1F. The van der Waals surface area contributed by atoms with Gasteiger partial charge in [-0.05, 0) is 37.3 Å². The summed E-state index contributed by atoms with van der Waals surface area (Å²) in [6, 6.07) is 6.63. The number of rotatable bonds is 8. The largest absolute Gasteiger partial charge is 0.388 e. The molecule has 0 fully saturated rings. The van der Waals surface area contributed by atoms with Crippen LogP contribution in [0.3, 0.4) is 0 Å². The standard InChI is InChI=1S/C17H26FNO2/c1-4-17(21,5-2)12-19-16(20)13(3)10-11-14-8-6-7-9-15(14)18/h6-9,13,21H,4-5,10-12H2,1-3H3,(H,19,20). The molecule has 3 nitrogen and oxygen atoms in total. The number of aryl methyl sites for hydroxylation is 1. The zero-order valence-corrected chi connectivity index (χ0v) is 13.2. The van der Waals surface area contributed by atoms with Gasteiger partial charge in [0.25, 0.3) is 0 Å². The van der Waals surface area contributed by atoms with E-state index in [1.165, 1.54) is 6.07 Å². The monoisotopic (exact) mass is 295 g/mol. The molecular formula is C17H26FNO2. The zero-order chi connectivity index (χ0) is 15.9. The maximum Gasteiger partial charge on any atom is 0.222 e. The maximum atomic E-state index is 13.5. The first-order chi connectivity index (χ1) is 9.91. The number of amides is 1. The number of hydrogen-bond acceptors (Lipinski definition) is 2. The summed E-state index contributed by atoms with van der Waals surface area (Å²) in [5.74, 6) is -0.523.